The molecule has 0 aromatic rings. The molecule has 4 bridgehead atoms. The zero-order valence-electron chi connectivity index (χ0n) is 8.56. The second-order valence-corrected chi connectivity index (χ2v) is 5.90. The lowest BCUT2D eigenvalue weighted by Crippen LogP contribution is -2.61. The zero-order chi connectivity index (χ0) is 10.8. The maximum Gasteiger partial charge on any atom is 0.392 e. The molecule has 2 atom stereocenters. The van der Waals surface area contributed by atoms with Crippen molar-refractivity contribution in [3.63, 3.8) is 0 Å². The van der Waals surface area contributed by atoms with Gasteiger partial charge < -0.3 is 5.73 Å². The first kappa shape index (κ1) is 9.94. The molecule has 86 valence electrons. The zero-order valence-corrected chi connectivity index (χ0v) is 8.56. The fourth-order valence-corrected chi connectivity index (χ4v) is 4.62. The highest BCUT2D eigenvalue weighted by Crippen LogP contribution is 2.60. The minimum Gasteiger partial charge on any atom is -0.325 e. The predicted molar refractivity (Wildman–Crippen MR) is 50.0 cm³/mol. The van der Waals surface area contributed by atoms with E-state index < -0.39 is 12.1 Å². The van der Waals surface area contributed by atoms with Crippen LogP contribution >= 0.6 is 0 Å². The molecule has 1 nitrogen and oxygen atoms in total. The topological polar surface area (TPSA) is 26.0 Å². The lowest BCUT2D eigenvalue weighted by molar-refractivity contribution is -0.240. The van der Waals surface area contributed by atoms with E-state index in [1.807, 2.05) is 0 Å². The van der Waals surface area contributed by atoms with Gasteiger partial charge in [-0.3, -0.25) is 0 Å². The molecule has 0 spiro atoms. The van der Waals surface area contributed by atoms with Gasteiger partial charge in [-0.05, 0) is 49.9 Å². The monoisotopic (exact) mass is 219 g/mol. The van der Waals surface area contributed by atoms with E-state index >= 15 is 0 Å². The summed E-state index contributed by atoms with van der Waals surface area (Å²) in [5.41, 5.74) is 5.91. The third kappa shape index (κ3) is 1.41. The van der Waals surface area contributed by atoms with Crippen molar-refractivity contribution in [2.24, 2.45) is 29.4 Å². The molecular formula is C11H16F3N. The molecule has 0 radical (unpaired) electrons. The Kier molecular flexibility index (Phi) is 1.79. The van der Waals surface area contributed by atoms with Crippen molar-refractivity contribution in [2.75, 3.05) is 0 Å². The SMILES string of the molecule is NC12CC3CC(C1)C(C(F)(F)F)C(C3)C2. The van der Waals surface area contributed by atoms with Crippen LogP contribution in [-0.2, 0) is 0 Å². The van der Waals surface area contributed by atoms with Gasteiger partial charge in [0.2, 0.25) is 0 Å². The fourth-order valence-electron chi connectivity index (χ4n) is 4.62. The summed E-state index contributed by atoms with van der Waals surface area (Å²) in [6.07, 6.45) is -0.308. The third-order valence-corrected chi connectivity index (χ3v) is 4.70. The van der Waals surface area contributed by atoms with Crippen LogP contribution in [-0.4, -0.2) is 11.7 Å². The van der Waals surface area contributed by atoms with Gasteiger partial charge in [0.25, 0.3) is 0 Å². The van der Waals surface area contributed by atoms with Crippen LogP contribution in [0.2, 0.25) is 0 Å². The number of nitrogens with two attached hydrogens (primary N) is 1. The molecule has 0 heterocycles. The Balaban J connectivity index is 1.91. The fraction of sp³-hybridized carbons (Fsp3) is 1.00. The highest BCUT2D eigenvalue weighted by atomic mass is 19.4. The first-order valence-corrected chi connectivity index (χ1v) is 5.73. The van der Waals surface area contributed by atoms with Gasteiger partial charge in [0, 0.05) is 5.54 Å². The first-order chi connectivity index (χ1) is 6.87. The molecular weight excluding hydrogens is 203 g/mol. The summed E-state index contributed by atoms with van der Waals surface area (Å²) in [5.74, 6) is -0.931. The van der Waals surface area contributed by atoms with Gasteiger partial charge >= 0.3 is 6.18 Å². The summed E-state index contributed by atoms with van der Waals surface area (Å²) >= 11 is 0. The molecule has 2 unspecified atom stereocenters. The summed E-state index contributed by atoms with van der Waals surface area (Å²) in [6, 6.07) is 0. The van der Waals surface area contributed by atoms with Gasteiger partial charge in [-0.15, -0.1) is 0 Å². The normalized spacial score (nSPS) is 53.6. The van der Waals surface area contributed by atoms with Crippen LogP contribution in [0.3, 0.4) is 0 Å². The number of hydrogen-bond donors (Lipinski definition) is 1. The highest BCUT2D eigenvalue weighted by Gasteiger charge is 2.61. The summed E-state index contributed by atoms with van der Waals surface area (Å²) in [5, 5.41) is 0. The number of hydrogen-bond acceptors (Lipinski definition) is 1. The molecule has 0 aromatic heterocycles. The lowest BCUT2D eigenvalue weighted by atomic mass is 9.49. The molecule has 0 amide bonds. The molecule has 2 N–H and O–H groups in total. The van der Waals surface area contributed by atoms with Gasteiger partial charge in [0.15, 0.2) is 0 Å². The van der Waals surface area contributed by atoms with E-state index in [0.29, 0.717) is 18.8 Å². The van der Waals surface area contributed by atoms with Crippen LogP contribution in [0.25, 0.3) is 0 Å². The second kappa shape index (κ2) is 2.70. The summed E-state index contributed by atoms with van der Waals surface area (Å²) in [7, 11) is 0. The van der Waals surface area contributed by atoms with Gasteiger partial charge in [-0.2, -0.15) is 13.2 Å². The van der Waals surface area contributed by atoms with Gasteiger partial charge in [0.1, 0.15) is 0 Å². The molecule has 0 aromatic carbocycles. The van der Waals surface area contributed by atoms with Crippen LogP contribution in [0.15, 0.2) is 0 Å². The van der Waals surface area contributed by atoms with Crippen LogP contribution in [0, 0.1) is 23.7 Å². The van der Waals surface area contributed by atoms with E-state index in [0.717, 1.165) is 19.3 Å². The summed E-state index contributed by atoms with van der Waals surface area (Å²) in [6.45, 7) is 0. The van der Waals surface area contributed by atoms with Crippen molar-refractivity contribution in [1.29, 1.82) is 0 Å². The van der Waals surface area contributed by atoms with E-state index in [9.17, 15) is 13.2 Å². The molecule has 15 heavy (non-hydrogen) atoms. The number of rotatable bonds is 0. The minimum atomic E-state index is -4.00. The van der Waals surface area contributed by atoms with Gasteiger partial charge in [0.05, 0.1) is 5.92 Å². The number of alkyl halides is 3. The van der Waals surface area contributed by atoms with Gasteiger partial charge in [-0.25, -0.2) is 0 Å². The van der Waals surface area contributed by atoms with Crippen LogP contribution in [0.4, 0.5) is 13.2 Å². The van der Waals surface area contributed by atoms with Crippen molar-refractivity contribution in [3.05, 3.63) is 0 Å². The molecule has 0 aliphatic heterocycles. The van der Waals surface area contributed by atoms with E-state index in [-0.39, 0.29) is 17.4 Å². The van der Waals surface area contributed by atoms with Crippen molar-refractivity contribution >= 4 is 0 Å². The van der Waals surface area contributed by atoms with Crippen molar-refractivity contribution in [3.8, 4) is 0 Å². The molecule has 4 aliphatic rings. The van der Waals surface area contributed by atoms with Crippen LogP contribution < -0.4 is 5.73 Å². The molecule has 0 saturated heterocycles. The van der Waals surface area contributed by atoms with Crippen molar-refractivity contribution < 1.29 is 13.2 Å². The molecule has 4 saturated carbocycles. The molecule has 4 aliphatic carbocycles. The van der Waals surface area contributed by atoms with Crippen LogP contribution in [0.5, 0.6) is 0 Å². The third-order valence-electron chi connectivity index (χ3n) is 4.70. The highest BCUT2D eigenvalue weighted by molar-refractivity contribution is 5.08. The average Bonchev–Trinajstić information content (AvgIpc) is 1.94. The minimum absolute atomic E-state index is 0.179. The average molecular weight is 219 g/mol. The Morgan fingerprint density at radius 2 is 1.53 bits per heavy atom. The van der Waals surface area contributed by atoms with E-state index in [4.69, 9.17) is 5.73 Å². The molecule has 4 heteroatoms. The molecule has 4 rings (SSSR count). The summed E-state index contributed by atoms with van der Waals surface area (Å²) < 4.78 is 38.7. The van der Waals surface area contributed by atoms with Crippen molar-refractivity contribution in [1.82, 2.24) is 0 Å². The maximum atomic E-state index is 12.9. The Morgan fingerprint density at radius 3 is 1.93 bits per heavy atom. The second-order valence-electron chi connectivity index (χ2n) is 5.90. The maximum absolute atomic E-state index is 12.9. The number of halogens is 3. The van der Waals surface area contributed by atoms with Crippen molar-refractivity contribution in [2.45, 2.75) is 43.8 Å². The standard InChI is InChI=1S/C11H16F3N/c12-11(13,14)9-7-1-6-2-8(9)5-10(15,3-6)4-7/h6-9H,1-5,15H2. The largest absolute Gasteiger partial charge is 0.392 e. The lowest BCUT2D eigenvalue weighted by Gasteiger charge is -2.58. The predicted octanol–water partition coefficient (Wildman–Crippen LogP) is 2.70. The Labute approximate surface area is 87.2 Å². The Hall–Kier alpha value is -0.250. The first-order valence-electron chi connectivity index (χ1n) is 5.73. The van der Waals surface area contributed by atoms with E-state index in [1.165, 1.54) is 0 Å². The Morgan fingerprint density at radius 1 is 1.00 bits per heavy atom. The van der Waals surface area contributed by atoms with E-state index in [1.54, 1.807) is 0 Å². The smallest absolute Gasteiger partial charge is 0.325 e. The summed E-state index contributed by atoms with van der Waals surface area (Å²) in [4.78, 5) is 0. The Bertz CT molecular complexity index is 270. The van der Waals surface area contributed by atoms with Crippen LogP contribution in [0.1, 0.15) is 32.1 Å². The quantitative estimate of drug-likeness (QED) is 0.666. The molecule has 4 fully saturated rings. The van der Waals surface area contributed by atoms with Gasteiger partial charge in [-0.1, -0.05) is 0 Å². The van der Waals surface area contributed by atoms with E-state index in [2.05, 4.69) is 0 Å².